The number of para-hydroxylation sites is 1. The second-order valence-corrected chi connectivity index (χ2v) is 5.64. The van der Waals surface area contributed by atoms with Crippen molar-refractivity contribution < 1.29 is 14.3 Å². The summed E-state index contributed by atoms with van der Waals surface area (Å²) < 4.78 is 12.6. The summed E-state index contributed by atoms with van der Waals surface area (Å²) in [4.78, 5) is 11.3. The number of methoxy groups -OCH3 is 1. The number of carbonyl (C=O) groups excluding carboxylic acids is 1. The topological polar surface area (TPSA) is 52.5 Å². The molecule has 1 N–H and O–H groups in total. The molecule has 5 nitrogen and oxygen atoms in total. The first kappa shape index (κ1) is 15.9. The number of amides is 1. The molecule has 3 rings (SSSR count). The molecular weight excluding hydrogens is 304 g/mol. The predicted molar refractivity (Wildman–Crippen MR) is 94.5 cm³/mol. The Labute approximate surface area is 140 Å². The van der Waals surface area contributed by atoms with Crippen molar-refractivity contribution in [3.63, 3.8) is 0 Å². The molecule has 0 atom stereocenters. The van der Waals surface area contributed by atoms with Crippen LogP contribution in [0.15, 0.2) is 48.5 Å². The quantitative estimate of drug-likeness (QED) is 0.781. The van der Waals surface area contributed by atoms with Crippen molar-refractivity contribution >= 4 is 22.7 Å². The highest BCUT2D eigenvalue weighted by Gasteiger charge is 2.08. The van der Waals surface area contributed by atoms with E-state index in [9.17, 15) is 4.79 Å². The molecule has 24 heavy (non-hydrogen) atoms. The largest absolute Gasteiger partial charge is 0.487 e. The summed E-state index contributed by atoms with van der Waals surface area (Å²) in [5, 5.41) is 3.87. The van der Waals surface area contributed by atoms with Gasteiger partial charge in [0, 0.05) is 18.3 Å². The third-order valence-electron chi connectivity index (χ3n) is 4.06. The highest BCUT2D eigenvalue weighted by Crippen LogP contribution is 2.24. The summed E-state index contributed by atoms with van der Waals surface area (Å²) in [7, 11) is 3.38. The molecule has 1 aromatic heterocycles. The van der Waals surface area contributed by atoms with Crippen LogP contribution in [0.3, 0.4) is 0 Å². The van der Waals surface area contributed by atoms with Gasteiger partial charge >= 0.3 is 6.09 Å². The minimum absolute atomic E-state index is 0.481. The van der Waals surface area contributed by atoms with Gasteiger partial charge < -0.3 is 14.0 Å². The van der Waals surface area contributed by atoms with Crippen molar-refractivity contribution in [2.75, 3.05) is 12.4 Å². The summed E-state index contributed by atoms with van der Waals surface area (Å²) in [6.45, 7) is 2.39. The summed E-state index contributed by atoms with van der Waals surface area (Å²) in [6, 6.07) is 15.9. The minimum Gasteiger partial charge on any atom is -0.487 e. The molecule has 1 heterocycles. The molecule has 0 aliphatic heterocycles. The number of rotatable bonds is 4. The summed E-state index contributed by atoms with van der Waals surface area (Å²) in [6.07, 6.45) is -0.484. The van der Waals surface area contributed by atoms with Crippen molar-refractivity contribution in [3.05, 3.63) is 59.8 Å². The summed E-state index contributed by atoms with van der Waals surface area (Å²) >= 11 is 0. The molecule has 0 saturated heterocycles. The molecule has 0 aliphatic rings. The minimum atomic E-state index is -0.484. The SMILES string of the molecule is COC(=O)Nc1ccc(OCc2cc3ccccc3n2C)cc1C. The van der Waals surface area contributed by atoms with Gasteiger partial charge in [0.25, 0.3) is 0 Å². The van der Waals surface area contributed by atoms with Crippen LogP contribution in [0.4, 0.5) is 10.5 Å². The van der Waals surface area contributed by atoms with Gasteiger partial charge in [-0.15, -0.1) is 0 Å². The van der Waals surface area contributed by atoms with E-state index in [2.05, 4.69) is 32.8 Å². The lowest BCUT2D eigenvalue weighted by molar-refractivity contribution is 0.187. The number of carbonyl (C=O) groups is 1. The molecule has 0 unspecified atom stereocenters. The maximum Gasteiger partial charge on any atom is 0.411 e. The zero-order chi connectivity index (χ0) is 17.1. The molecule has 3 aromatic rings. The number of nitrogens with one attached hydrogen (secondary N) is 1. The number of anilines is 1. The molecule has 0 fully saturated rings. The Bertz CT molecular complexity index is 883. The molecule has 5 heteroatoms. The fourth-order valence-corrected chi connectivity index (χ4v) is 2.67. The van der Waals surface area contributed by atoms with Gasteiger partial charge in [0.2, 0.25) is 0 Å². The molecule has 0 aliphatic carbocycles. The number of benzene rings is 2. The van der Waals surface area contributed by atoms with E-state index < -0.39 is 6.09 Å². The van der Waals surface area contributed by atoms with E-state index in [-0.39, 0.29) is 0 Å². The lowest BCUT2D eigenvalue weighted by Gasteiger charge is -2.11. The Morgan fingerprint density at radius 1 is 1.17 bits per heavy atom. The second kappa shape index (κ2) is 6.66. The van der Waals surface area contributed by atoms with Gasteiger partial charge in [-0.25, -0.2) is 4.79 Å². The van der Waals surface area contributed by atoms with Gasteiger partial charge in [-0.3, -0.25) is 5.32 Å². The standard InChI is InChI=1S/C19H20N2O3/c1-13-10-16(8-9-17(13)20-19(22)23-3)24-12-15-11-14-6-4-5-7-18(14)21(15)2/h4-11H,12H2,1-3H3,(H,20,22). The van der Waals surface area contributed by atoms with Gasteiger partial charge in [0.05, 0.1) is 12.8 Å². The average molecular weight is 324 g/mol. The van der Waals surface area contributed by atoms with Crippen LogP contribution in [0.25, 0.3) is 10.9 Å². The summed E-state index contributed by atoms with van der Waals surface area (Å²) in [5.74, 6) is 0.758. The number of fused-ring (bicyclic) bond motifs is 1. The van der Waals surface area contributed by atoms with Crippen molar-refractivity contribution in [2.24, 2.45) is 7.05 Å². The Morgan fingerprint density at radius 2 is 1.96 bits per heavy atom. The number of aryl methyl sites for hydroxylation is 2. The molecule has 0 saturated carbocycles. The van der Waals surface area contributed by atoms with Gasteiger partial charge in [-0.05, 0) is 48.2 Å². The van der Waals surface area contributed by atoms with Crippen molar-refractivity contribution in [3.8, 4) is 5.75 Å². The highest BCUT2D eigenvalue weighted by molar-refractivity contribution is 5.85. The van der Waals surface area contributed by atoms with E-state index in [1.165, 1.54) is 18.0 Å². The lowest BCUT2D eigenvalue weighted by atomic mass is 10.2. The van der Waals surface area contributed by atoms with E-state index >= 15 is 0 Å². The van der Waals surface area contributed by atoms with Crippen LogP contribution in [-0.2, 0) is 18.4 Å². The van der Waals surface area contributed by atoms with E-state index in [1.807, 2.05) is 44.3 Å². The Kier molecular flexibility index (Phi) is 4.42. The monoisotopic (exact) mass is 324 g/mol. The lowest BCUT2D eigenvalue weighted by Crippen LogP contribution is -2.11. The van der Waals surface area contributed by atoms with Gasteiger partial charge in [0.15, 0.2) is 0 Å². The van der Waals surface area contributed by atoms with Crippen LogP contribution in [-0.4, -0.2) is 17.8 Å². The second-order valence-electron chi connectivity index (χ2n) is 5.64. The number of ether oxygens (including phenoxy) is 2. The normalized spacial score (nSPS) is 10.6. The fourth-order valence-electron chi connectivity index (χ4n) is 2.67. The third kappa shape index (κ3) is 3.20. The van der Waals surface area contributed by atoms with E-state index in [4.69, 9.17) is 4.74 Å². The highest BCUT2D eigenvalue weighted by atomic mass is 16.5. The van der Waals surface area contributed by atoms with Crippen LogP contribution in [0.1, 0.15) is 11.3 Å². The molecular formula is C19H20N2O3. The van der Waals surface area contributed by atoms with Crippen molar-refractivity contribution in [1.29, 1.82) is 0 Å². The zero-order valence-corrected chi connectivity index (χ0v) is 14.0. The van der Waals surface area contributed by atoms with Crippen LogP contribution >= 0.6 is 0 Å². The van der Waals surface area contributed by atoms with Gasteiger partial charge in [0.1, 0.15) is 12.4 Å². The predicted octanol–water partition coefficient (Wildman–Crippen LogP) is 4.24. The Morgan fingerprint density at radius 3 is 2.67 bits per heavy atom. The first-order valence-corrected chi connectivity index (χ1v) is 7.70. The smallest absolute Gasteiger partial charge is 0.411 e. The Balaban J connectivity index is 1.73. The average Bonchev–Trinajstić information content (AvgIpc) is 2.91. The number of hydrogen-bond donors (Lipinski definition) is 1. The third-order valence-corrected chi connectivity index (χ3v) is 4.06. The first-order chi connectivity index (χ1) is 11.6. The van der Waals surface area contributed by atoms with Crippen LogP contribution in [0, 0.1) is 6.92 Å². The van der Waals surface area contributed by atoms with Gasteiger partial charge in [-0.1, -0.05) is 18.2 Å². The molecule has 1 amide bonds. The van der Waals surface area contributed by atoms with Crippen molar-refractivity contribution in [2.45, 2.75) is 13.5 Å². The zero-order valence-electron chi connectivity index (χ0n) is 14.0. The van der Waals surface area contributed by atoms with Crippen LogP contribution < -0.4 is 10.1 Å². The summed E-state index contributed by atoms with van der Waals surface area (Å²) in [5.41, 5.74) is 3.91. The van der Waals surface area contributed by atoms with E-state index in [0.29, 0.717) is 12.3 Å². The number of aromatic nitrogens is 1. The Hall–Kier alpha value is -2.95. The maximum absolute atomic E-state index is 11.3. The number of nitrogens with zero attached hydrogens (tertiary/aromatic N) is 1. The van der Waals surface area contributed by atoms with E-state index in [1.54, 1.807) is 0 Å². The van der Waals surface area contributed by atoms with Crippen molar-refractivity contribution in [1.82, 2.24) is 4.57 Å². The first-order valence-electron chi connectivity index (χ1n) is 7.70. The number of hydrogen-bond acceptors (Lipinski definition) is 3. The molecule has 2 aromatic carbocycles. The van der Waals surface area contributed by atoms with Crippen LogP contribution in [0.5, 0.6) is 5.75 Å². The maximum atomic E-state index is 11.3. The fraction of sp³-hybridized carbons (Fsp3) is 0.211. The molecule has 0 bridgehead atoms. The van der Waals surface area contributed by atoms with E-state index in [0.717, 1.165) is 17.0 Å². The molecule has 0 spiro atoms. The molecule has 0 radical (unpaired) electrons. The van der Waals surface area contributed by atoms with Crippen LogP contribution in [0.2, 0.25) is 0 Å². The van der Waals surface area contributed by atoms with Gasteiger partial charge in [-0.2, -0.15) is 0 Å². The molecule has 124 valence electrons.